The zero-order valence-electron chi connectivity index (χ0n) is 15.9. The predicted octanol–water partition coefficient (Wildman–Crippen LogP) is 4.31. The van der Waals surface area contributed by atoms with Gasteiger partial charge in [0.1, 0.15) is 11.6 Å². The van der Waals surface area contributed by atoms with Gasteiger partial charge in [-0.25, -0.2) is 8.42 Å². The van der Waals surface area contributed by atoms with Crippen molar-refractivity contribution in [1.82, 2.24) is 14.8 Å². The van der Waals surface area contributed by atoms with Crippen molar-refractivity contribution in [1.29, 1.82) is 0 Å². The highest BCUT2D eigenvalue weighted by molar-refractivity contribution is 7.99. The monoisotopic (exact) mass is 484 g/mol. The largest absolute Gasteiger partial charge is 0.325 e. The molecule has 2 aromatic carbocycles. The number of hydrogen-bond acceptors (Lipinski definition) is 6. The third-order valence-electron chi connectivity index (χ3n) is 4.07. The van der Waals surface area contributed by atoms with E-state index in [-0.39, 0.29) is 22.3 Å². The molecule has 0 aliphatic rings. The van der Waals surface area contributed by atoms with E-state index in [1.807, 2.05) is 6.92 Å². The maximum atomic E-state index is 12.6. The Labute approximate surface area is 188 Å². The Hall–Kier alpha value is -2.07. The third-order valence-corrected chi connectivity index (χ3v) is 7.40. The Balaban J connectivity index is 1.67. The Morgan fingerprint density at radius 3 is 2.50 bits per heavy atom. The van der Waals surface area contributed by atoms with E-state index in [0.717, 1.165) is 0 Å². The minimum absolute atomic E-state index is 0.0732. The lowest BCUT2D eigenvalue weighted by atomic mass is 10.3. The Morgan fingerprint density at radius 1 is 1.10 bits per heavy atom. The number of hydrogen-bond donors (Lipinski definition) is 1. The van der Waals surface area contributed by atoms with E-state index >= 15 is 0 Å². The summed E-state index contributed by atoms with van der Waals surface area (Å²) in [6, 6.07) is 13.0. The first-order chi connectivity index (χ1) is 14.3. The van der Waals surface area contributed by atoms with Gasteiger partial charge < -0.3 is 9.88 Å². The van der Waals surface area contributed by atoms with Crippen LogP contribution in [0, 0.1) is 0 Å². The van der Waals surface area contributed by atoms with Gasteiger partial charge in [0.25, 0.3) is 0 Å². The molecule has 7 nitrogen and oxygen atoms in total. The molecule has 11 heteroatoms. The van der Waals surface area contributed by atoms with Crippen LogP contribution in [0.5, 0.6) is 0 Å². The number of nitrogens with zero attached hydrogens (tertiary/aromatic N) is 3. The molecule has 30 heavy (non-hydrogen) atoms. The van der Waals surface area contributed by atoms with E-state index in [0.29, 0.717) is 33.3 Å². The summed E-state index contributed by atoms with van der Waals surface area (Å²) < 4.78 is 26.9. The fourth-order valence-corrected chi connectivity index (χ4v) is 5.04. The summed E-state index contributed by atoms with van der Waals surface area (Å²) in [5, 5.41) is 12.0. The minimum atomic E-state index is -3.55. The summed E-state index contributed by atoms with van der Waals surface area (Å²) in [5.74, 6) is -0.131. The molecule has 158 valence electrons. The Kier molecular flexibility index (Phi) is 7.41. The highest BCUT2D eigenvalue weighted by atomic mass is 35.5. The summed E-state index contributed by atoms with van der Waals surface area (Å²) in [7, 11) is -3.55. The molecule has 0 atom stereocenters. The lowest BCUT2D eigenvalue weighted by Gasteiger charge is -2.09. The summed E-state index contributed by atoms with van der Waals surface area (Å²) in [6.07, 6.45) is 0. The Bertz CT molecular complexity index is 1150. The average molecular weight is 485 g/mol. The van der Waals surface area contributed by atoms with Gasteiger partial charge in [0, 0.05) is 12.2 Å². The highest BCUT2D eigenvalue weighted by Crippen LogP contribution is 2.25. The molecule has 1 amide bonds. The number of carbonyl (C=O) groups is 1. The molecule has 1 N–H and O–H groups in total. The van der Waals surface area contributed by atoms with Crippen molar-refractivity contribution in [3.63, 3.8) is 0 Å². The summed E-state index contributed by atoms with van der Waals surface area (Å²) in [5.41, 5.74) is 0.529. The van der Waals surface area contributed by atoms with Crippen LogP contribution in [0.2, 0.25) is 10.0 Å². The van der Waals surface area contributed by atoms with Crippen LogP contribution in [0.4, 0.5) is 5.69 Å². The number of amides is 1. The second-order valence-corrected chi connectivity index (χ2v) is 9.93. The third kappa shape index (κ3) is 5.54. The quantitative estimate of drug-likeness (QED) is 0.478. The van der Waals surface area contributed by atoms with Crippen molar-refractivity contribution >= 4 is 56.4 Å². The molecule has 0 saturated carbocycles. The molecule has 3 aromatic rings. The van der Waals surface area contributed by atoms with Crippen LogP contribution in [0.25, 0.3) is 0 Å². The van der Waals surface area contributed by atoms with Crippen LogP contribution in [0.1, 0.15) is 12.7 Å². The van der Waals surface area contributed by atoms with Crippen molar-refractivity contribution in [2.45, 2.75) is 29.3 Å². The molecule has 1 aromatic heterocycles. The fourth-order valence-electron chi connectivity index (χ4n) is 2.63. The number of halogens is 2. The lowest BCUT2D eigenvalue weighted by Crippen LogP contribution is -2.15. The van der Waals surface area contributed by atoms with E-state index < -0.39 is 9.84 Å². The van der Waals surface area contributed by atoms with Gasteiger partial charge in [-0.2, -0.15) is 0 Å². The molecule has 0 saturated heterocycles. The topological polar surface area (TPSA) is 93.9 Å². The molecule has 0 fully saturated rings. The zero-order valence-corrected chi connectivity index (χ0v) is 19.0. The van der Waals surface area contributed by atoms with Crippen molar-refractivity contribution < 1.29 is 13.2 Å². The molecule has 0 bridgehead atoms. The number of carbonyl (C=O) groups excluding carboxylic acids is 1. The first kappa shape index (κ1) is 22.6. The maximum absolute atomic E-state index is 12.6. The van der Waals surface area contributed by atoms with Crippen molar-refractivity contribution in [3.8, 4) is 0 Å². The van der Waals surface area contributed by atoms with Gasteiger partial charge in [-0.15, -0.1) is 10.2 Å². The van der Waals surface area contributed by atoms with Gasteiger partial charge in [-0.1, -0.05) is 53.2 Å². The van der Waals surface area contributed by atoms with Gasteiger partial charge in [0.2, 0.25) is 5.91 Å². The van der Waals surface area contributed by atoms with Gasteiger partial charge >= 0.3 is 0 Å². The molecule has 0 unspecified atom stereocenters. The van der Waals surface area contributed by atoms with Gasteiger partial charge in [-0.05, 0) is 37.3 Å². The van der Waals surface area contributed by atoms with E-state index in [1.165, 1.54) is 11.8 Å². The molecule has 0 aliphatic heterocycles. The smallest absolute Gasteiger partial charge is 0.234 e. The molecule has 0 spiro atoms. The lowest BCUT2D eigenvalue weighted by molar-refractivity contribution is -0.113. The van der Waals surface area contributed by atoms with Crippen molar-refractivity contribution in [2.24, 2.45) is 0 Å². The summed E-state index contributed by atoms with van der Waals surface area (Å²) >= 11 is 13.0. The molecule has 0 radical (unpaired) electrons. The van der Waals surface area contributed by atoms with Crippen molar-refractivity contribution in [2.75, 3.05) is 11.1 Å². The second-order valence-electron chi connectivity index (χ2n) is 6.18. The number of sulfone groups is 1. The number of rotatable bonds is 8. The van der Waals surface area contributed by atoms with Gasteiger partial charge in [0.05, 0.1) is 20.7 Å². The Morgan fingerprint density at radius 2 is 1.83 bits per heavy atom. The molecule has 1 heterocycles. The van der Waals surface area contributed by atoms with Crippen LogP contribution in [-0.4, -0.2) is 34.8 Å². The first-order valence-electron chi connectivity index (χ1n) is 8.87. The van der Waals surface area contributed by atoms with Crippen LogP contribution >= 0.6 is 35.0 Å². The second kappa shape index (κ2) is 9.82. The highest BCUT2D eigenvalue weighted by Gasteiger charge is 2.21. The van der Waals surface area contributed by atoms with Crippen LogP contribution in [0.3, 0.4) is 0 Å². The normalized spacial score (nSPS) is 11.4. The molecule has 0 aliphatic carbocycles. The number of benzene rings is 2. The SMILES string of the molecule is CCn1c(CS(=O)(=O)c2ccccc2)nnc1SCC(=O)Nc1ccc(Cl)c(Cl)c1. The molecule has 3 rings (SSSR count). The van der Waals surface area contributed by atoms with Crippen LogP contribution in [-0.2, 0) is 26.9 Å². The number of anilines is 1. The van der Waals surface area contributed by atoms with Crippen LogP contribution < -0.4 is 5.32 Å². The van der Waals surface area contributed by atoms with E-state index in [2.05, 4.69) is 15.5 Å². The zero-order chi connectivity index (χ0) is 21.7. The number of aromatic nitrogens is 3. The number of thioether (sulfide) groups is 1. The fraction of sp³-hybridized carbons (Fsp3) is 0.211. The van der Waals surface area contributed by atoms with Gasteiger partial charge in [0.15, 0.2) is 15.0 Å². The predicted molar refractivity (Wildman–Crippen MR) is 119 cm³/mol. The maximum Gasteiger partial charge on any atom is 0.234 e. The first-order valence-corrected chi connectivity index (χ1v) is 12.3. The molecular weight excluding hydrogens is 467 g/mol. The molecular formula is C19H18Cl2N4O3S2. The van der Waals surface area contributed by atoms with Gasteiger partial charge in [-0.3, -0.25) is 4.79 Å². The van der Waals surface area contributed by atoms with E-state index in [1.54, 1.807) is 53.1 Å². The van der Waals surface area contributed by atoms with E-state index in [4.69, 9.17) is 23.2 Å². The standard InChI is InChI=1S/C19H18Cl2N4O3S2/c1-2-25-17(12-30(27,28)14-6-4-3-5-7-14)23-24-19(25)29-11-18(26)22-13-8-9-15(20)16(21)10-13/h3-10H,2,11-12H2,1H3,(H,22,26). The van der Waals surface area contributed by atoms with E-state index in [9.17, 15) is 13.2 Å². The summed E-state index contributed by atoms with van der Waals surface area (Å²) in [6.45, 7) is 2.34. The van der Waals surface area contributed by atoms with Crippen LogP contribution in [0.15, 0.2) is 58.6 Å². The summed E-state index contributed by atoms with van der Waals surface area (Å²) in [4.78, 5) is 12.5. The van der Waals surface area contributed by atoms with Crippen molar-refractivity contribution in [3.05, 3.63) is 64.4 Å². The number of nitrogens with one attached hydrogen (secondary N) is 1. The minimum Gasteiger partial charge on any atom is -0.325 e. The average Bonchev–Trinajstić information content (AvgIpc) is 3.10.